The Balaban J connectivity index is 1.28. The third-order valence-corrected chi connectivity index (χ3v) is 6.61. The quantitative estimate of drug-likeness (QED) is 0.280. The first kappa shape index (κ1) is 25.3. The van der Waals surface area contributed by atoms with Crippen LogP contribution < -0.4 is 5.32 Å². The van der Waals surface area contributed by atoms with Crippen LogP contribution in [0.15, 0.2) is 48.8 Å². The van der Waals surface area contributed by atoms with Gasteiger partial charge in [0.1, 0.15) is 5.82 Å². The number of carbonyl (C=O) groups excluding carboxylic acids is 2. The number of benzene rings is 2. The summed E-state index contributed by atoms with van der Waals surface area (Å²) >= 11 is 12.0. The number of nitrogens with zero attached hydrogens (tertiary/aromatic N) is 7. The van der Waals surface area contributed by atoms with Crippen molar-refractivity contribution in [2.24, 2.45) is 0 Å². The van der Waals surface area contributed by atoms with Gasteiger partial charge in [-0.05, 0) is 23.8 Å². The van der Waals surface area contributed by atoms with Crippen molar-refractivity contribution in [2.45, 2.75) is 19.6 Å². The summed E-state index contributed by atoms with van der Waals surface area (Å²) in [5.74, 6) is -2.23. The van der Waals surface area contributed by atoms with Gasteiger partial charge in [0.15, 0.2) is 5.69 Å². The summed E-state index contributed by atoms with van der Waals surface area (Å²) in [4.78, 5) is 37.4. The molecule has 1 aliphatic rings. The van der Waals surface area contributed by atoms with E-state index in [0.717, 1.165) is 17.7 Å². The molecule has 3 heterocycles. The van der Waals surface area contributed by atoms with Crippen LogP contribution in [-0.4, -0.2) is 53.0 Å². The first-order valence-electron chi connectivity index (χ1n) is 11.1. The number of nitro benzene ring substituents is 1. The van der Waals surface area contributed by atoms with Crippen molar-refractivity contribution < 1.29 is 18.9 Å². The van der Waals surface area contributed by atoms with Crippen LogP contribution in [0, 0.1) is 15.9 Å². The lowest BCUT2D eigenvalue weighted by molar-refractivity contribution is -0.385. The number of carbonyl (C=O) groups is 2. The SMILES string of the molecule is O=C(Nc1cnn(Cc2ccc(Cl)c(Cl)c2)c1)c1nnn2c1CN(C(=O)c1ccc([N+](=O)[O-])cc1F)CC2. The lowest BCUT2D eigenvalue weighted by atomic mass is 10.1. The van der Waals surface area contributed by atoms with Crippen molar-refractivity contribution >= 4 is 46.4 Å². The van der Waals surface area contributed by atoms with E-state index in [4.69, 9.17) is 23.2 Å². The van der Waals surface area contributed by atoms with E-state index in [0.29, 0.717) is 34.0 Å². The van der Waals surface area contributed by atoms with Crippen molar-refractivity contribution in [3.8, 4) is 0 Å². The molecule has 12 nitrogen and oxygen atoms in total. The summed E-state index contributed by atoms with van der Waals surface area (Å²) < 4.78 is 17.5. The molecule has 15 heteroatoms. The van der Waals surface area contributed by atoms with Crippen LogP contribution in [0.25, 0.3) is 0 Å². The predicted molar refractivity (Wildman–Crippen MR) is 134 cm³/mol. The molecular formula is C23H17Cl2FN8O4. The van der Waals surface area contributed by atoms with Gasteiger partial charge in [0, 0.05) is 18.8 Å². The Labute approximate surface area is 223 Å². The summed E-state index contributed by atoms with van der Waals surface area (Å²) in [5, 5.41) is 26.6. The third-order valence-electron chi connectivity index (χ3n) is 5.88. The number of anilines is 1. The van der Waals surface area contributed by atoms with Crippen molar-refractivity contribution in [3.63, 3.8) is 0 Å². The highest BCUT2D eigenvalue weighted by molar-refractivity contribution is 6.42. The van der Waals surface area contributed by atoms with Crippen LogP contribution in [0.2, 0.25) is 10.0 Å². The minimum Gasteiger partial charge on any atom is -0.331 e. The largest absolute Gasteiger partial charge is 0.331 e. The number of nitrogens with one attached hydrogen (secondary N) is 1. The zero-order valence-corrected chi connectivity index (χ0v) is 20.9. The molecule has 0 saturated carbocycles. The van der Waals surface area contributed by atoms with Gasteiger partial charge in [0.05, 0.1) is 63.8 Å². The molecule has 0 fully saturated rings. The number of amides is 2. The van der Waals surface area contributed by atoms with Gasteiger partial charge in [-0.15, -0.1) is 5.10 Å². The van der Waals surface area contributed by atoms with Gasteiger partial charge in [-0.2, -0.15) is 5.10 Å². The zero-order valence-electron chi connectivity index (χ0n) is 19.3. The Bertz CT molecular complexity index is 1590. The zero-order chi connectivity index (χ0) is 27.0. The first-order chi connectivity index (χ1) is 18.2. The second kappa shape index (κ2) is 10.2. The fourth-order valence-corrected chi connectivity index (χ4v) is 4.31. The van der Waals surface area contributed by atoms with Crippen molar-refractivity contribution in [1.82, 2.24) is 29.7 Å². The molecule has 0 saturated heterocycles. The average Bonchev–Trinajstić information content (AvgIpc) is 3.52. The molecule has 0 radical (unpaired) electrons. The second-order valence-corrected chi connectivity index (χ2v) is 9.20. The lowest BCUT2D eigenvalue weighted by Gasteiger charge is -2.27. The predicted octanol–water partition coefficient (Wildman–Crippen LogP) is 3.79. The Morgan fingerprint density at radius 2 is 1.95 bits per heavy atom. The van der Waals surface area contributed by atoms with Crippen molar-refractivity contribution in [1.29, 1.82) is 0 Å². The molecule has 2 aromatic heterocycles. The van der Waals surface area contributed by atoms with Gasteiger partial charge in [-0.1, -0.05) is 34.5 Å². The topological polar surface area (TPSA) is 141 Å². The number of hydrogen-bond donors (Lipinski definition) is 1. The fourth-order valence-electron chi connectivity index (χ4n) is 3.99. The van der Waals surface area contributed by atoms with E-state index in [9.17, 15) is 24.1 Å². The van der Waals surface area contributed by atoms with Crippen molar-refractivity contribution in [3.05, 3.63) is 97.3 Å². The minimum atomic E-state index is -1.00. The van der Waals surface area contributed by atoms with Gasteiger partial charge < -0.3 is 10.2 Å². The van der Waals surface area contributed by atoms with E-state index < -0.39 is 28.2 Å². The maximum Gasteiger partial charge on any atom is 0.278 e. The van der Waals surface area contributed by atoms with E-state index in [1.165, 1.54) is 15.8 Å². The van der Waals surface area contributed by atoms with Gasteiger partial charge in [-0.25, -0.2) is 9.07 Å². The number of aromatic nitrogens is 5. The Kier molecular flexibility index (Phi) is 6.78. The molecule has 0 atom stereocenters. The Hall–Kier alpha value is -4.36. The second-order valence-electron chi connectivity index (χ2n) is 8.39. The molecule has 38 heavy (non-hydrogen) atoms. The monoisotopic (exact) mass is 558 g/mol. The number of rotatable bonds is 6. The summed E-state index contributed by atoms with van der Waals surface area (Å²) in [6.45, 7) is 0.762. The van der Waals surface area contributed by atoms with E-state index in [2.05, 4.69) is 20.7 Å². The molecule has 0 bridgehead atoms. The molecule has 4 aromatic rings. The highest BCUT2D eigenvalue weighted by atomic mass is 35.5. The molecule has 194 valence electrons. The standard InChI is InChI=1S/C23H17Cl2FN8O4/c24-17-4-1-13(7-18(17)25)10-32-11-14(9-27-32)28-22(35)21-20-12-31(5-6-33(20)30-29-21)23(36)16-3-2-15(34(37)38)8-19(16)26/h1-4,7-9,11H,5-6,10,12H2,(H,28,35). The number of fused-ring (bicyclic) bond motifs is 1. The average molecular weight is 559 g/mol. The number of halogens is 3. The van der Waals surface area contributed by atoms with Gasteiger partial charge >= 0.3 is 0 Å². The molecule has 2 amide bonds. The Morgan fingerprint density at radius 3 is 2.68 bits per heavy atom. The van der Waals surface area contributed by atoms with Crippen LogP contribution in [-0.2, 0) is 19.6 Å². The fraction of sp³-hybridized carbons (Fsp3) is 0.174. The molecule has 1 aliphatic heterocycles. The highest BCUT2D eigenvalue weighted by Crippen LogP contribution is 2.24. The third kappa shape index (κ3) is 5.06. The van der Waals surface area contributed by atoms with Crippen LogP contribution >= 0.6 is 23.2 Å². The smallest absolute Gasteiger partial charge is 0.278 e. The molecule has 0 aliphatic carbocycles. The lowest BCUT2D eigenvalue weighted by Crippen LogP contribution is -2.39. The molecule has 1 N–H and O–H groups in total. The summed E-state index contributed by atoms with van der Waals surface area (Å²) in [7, 11) is 0. The minimum absolute atomic E-state index is 0.00362. The molecule has 0 unspecified atom stereocenters. The van der Waals surface area contributed by atoms with E-state index in [1.807, 2.05) is 6.07 Å². The number of nitro groups is 1. The molecule has 0 spiro atoms. The van der Waals surface area contributed by atoms with Crippen LogP contribution in [0.5, 0.6) is 0 Å². The number of non-ortho nitro benzene ring substituents is 1. The summed E-state index contributed by atoms with van der Waals surface area (Å²) in [6, 6.07) is 8.05. The highest BCUT2D eigenvalue weighted by Gasteiger charge is 2.30. The maximum absolute atomic E-state index is 14.4. The van der Waals surface area contributed by atoms with Gasteiger partial charge in [0.2, 0.25) is 0 Å². The van der Waals surface area contributed by atoms with E-state index >= 15 is 0 Å². The van der Waals surface area contributed by atoms with E-state index in [1.54, 1.807) is 23.0 Å². The van der Waals surface area contributed by atoms with Crippen LogP contribution in [0.4, 0.5) is 15.8 Å². The summed E-state index contributed by atoms with van der Waals surface area (Å²) in [6.07, 6.45) is 3.10. The summed E-state index contributed by atoms with van der Waals surface area (Å²) in [5.41, 5.74) is 0.878. The first-order valence-corrected chi connectivity index (χ1v) is 11.9. The molecule has 2 aromatic carbocycles. The van der Waals surface area contributed by atoms with Crippen molar-refractivity contribution in [2.75, 3.05) is 11.9 Å². The molecule has 5 rings (SSSR count). The molecular weight excluding hydrogens is 542 g/mol. The van der Waals surface area contributed by atoms with E-state index in [-0.39, 0.29) is 30.9 Å². The van der Waals surface area contributed by atoms with Gasteiger partial charge in [-0.3, -0.25) is 24.4 Å². The van der Waals surface area contributed by atoms with Gasteiger partial charge in [0.25, 0.3) is 17.5 Å². The maximum atomic E-state index is 14.4. The number of hydrogen-bond acceptors (Lipinski definition) is 7. The normalized spacial score (nSPS) is 12.8. The van der Waals surface area contributed by atoms with Crippen LogP contribution in [0.3, 0.4) is 0 Å². The Morgan fingerprint density at radius 1 is 1.13 bits per heavy atom. The van der Waals surface area contributed by atoms with Crippen LogP contribution in [0.1, 0.15) is 32.1 Å².